The molecular weight excluding hydrogens is 236 g/mol. The third kappa shape index (κ3) is 1.86. The Bertz CT molecular complexity index is 570. The van der Waals surface area contributed by atoms with Crippen molar-refractivity contribution in [1.29, 1.82) is 0 Å². The maximum atomic E-state index is 10.8. The van der Waals surface area contributed by atoms with Gasteiger partial charge >= 0.3 is 0 Å². The summed E-state index contributed by atoms with van der Waals surface area (Å²) in [6.07, 6.45) is 4.72. The van der Waals surface area contributed by atoms with E-state index in [0.29, 0.717) is 6.54 Å². The number of nitrogens with zero attached hydrogens (tertiary/aromatic N) is 1. The minimum Gasteiger partial charge on any atom is -0.387 e. The first-order chi connectivity index (χ1) is 9.28. The molecule has 0 aliphatic heterocycles. The average molecular weight is 254 g/mol. The van der Waals surface area contributed by atoms with E-state index in [9.17, 15) is 5.11 Å². The van der Waals surface area contributed by atoms with Crippen LogP contribution in [0, 0.1) is 0 Å². The molecule has 1 aromatic carbocycles. The fraction of sp³-hybridized carbons (Fsp3) is 0.312. The van der Waals surface area contributed by atoms with Gasteiger partial charge in [0.2, 0.25) is 0 Å². The molecule has 1 aromatic heterocycles. The third-order valence-electron chi connectivity index (χ3n) is 4.30. The molecule has 2 aromatic rings. The second kappa shape index (κ2) is 4.76. The minimum absolute atomic E-state index is 0.363. The maximum Gasteiger partial charge on any atom is 0.0900 e. The van der Waals surface area contributed by atoms with Crippen molar-refractivity contribution in [1.82, 2.24) is 4.98 Å². The number of hydrogen-bond acceptors (Lipinski definition) is 3. The Hall–Kier alpha value is -1.71. The van der Waals surface area contributed by atoms with Crippen LogP contribution in [0.3, 0.4) is 0 Å². The largest absolute Gasteiger partial charge is 0.387 e. The van der Waals surface area contributed by atoms with E-state index in [1.807, 2.05) is 24.3 Å². The van der Waals surface area contributed by atoms with Crippen molar-refractivity contribution in [3.8, 4) is 0 Å². The fourth-order valence-electron chi connectivity index (χ4n) is 3.19. The molecule has 0 amide bonds. The normalized spacial score (nSPS) is 23.1. The van der Waals surface area contributed by atoms with E-state index in [1.165, 1.54) is 11.1 Å². The van der Waals surface area contributed by atoms with Crippen LogP contribution in [0.5, 0.6) is 0 Å². The van der Waals surface area contributed by atoms with Gasteiger partial charge in [0.05, 0.1) is 6.10 Å². The molecule has 1 heterocycles. The lowest BCUT2D eigenvalue weighted by molar-refractivity contribution is 0.0840. The first kappa shape index (κ1) is 12.3. The number of nitrogens with two attached hydrogens (primary N) is 1. The van der Waals surface area contributed by atoms with Gasteiger partial charge in [0, 0.05) is 24.4 Å². The Morgan fingerprint density at radius 2 is 1.95 bits per heavy atom. The average Bonchev–Trinajstić information content (AvgIpc) is 2.87. The van der Waals surface area contributed by atoms with Crippen LogP contribution in [0.4, 0.5) is 0 Å². The van der Waals surface area contributed by atoms with Gasteiger partial charge in [-0.15, -0.1) is 0 Å². The number of aliphatic hydroxyl groups excluding tert-OH is 1. The quantitative estimate of drug-likeness (QED) is 0.880. The van der Waals surface area contributed by atoms with E-state index in [-0.39, 0.29) is 5.41 Å². The predicted octanol–water partition coefficient (Wildman–Crippen LogP) is 1.96. The van der Waals surface area contributed by atoms with Crippen LogP contribution in [0.25, 0.3) is 0 Å². The smallest absolute Gasteiger partial charge is 0.0900 e. The van der Waals surface area contributed by atoms with E-state index in [2.05, 4.69) is 17.1 Å². The summed E-state index contributed by atoms with van der Waals surface area (Å²) in [5, 5.41) is 10.8. The zero-order valence-corrected chi connectivity index (χ0v) is 10.8. The molecule has 2 atom stereocenters. The number of fused-ring (bicyclic) bond motifs is 1. The summed E-state index contributed by atoms with van der Waals surface area (Å²) in [6.45, 7) is 0.452. The highest BCUT2D eigenvalue weighted by atomic mass is 16.3. The lowest BCUT2D eigenvalue weighted by atomic mass is 9.74. The number of aryl methyl sites for hydroxylation is 1. The lowest BCUT2D eigenvalue weighted by Crippen LogP contribution is -2.39. The Labute approximate surface area is 113 Å². The molecule has 0 radical (unpaired) electrons. The highest BCUT2D eigenvalue weighted by Gasteiger charge is 2.43. The van der Waals surface area contributed by atoms with E-state index in [4.69, 9.17) is 5.73 Å². The summed E-state index contributed by atoms with van der Waals surface area (Å²) in [5.74, 6) is 0. The maximum absolute atomic E-state index is 10.8. The summed E-state index contributed by atoms with van der Waals surface area (Å²) in [6, 6.07) is 12.0. The molecule has 3 rings (SSSR count). The molecule has 3 heteroatoms. The molecule has 0 spiro atoms. The Kier molecular flexibility index (Phi) is 3.09. The van der Waals surface area contributed by atoms with Gasteiger partial charge in [-0.1, -0.05) is 24.3 Å². The van der Waals surface area contributed by atoms with Crippen LogP contribution in [0.1, 0.15) is 29.2 Å². The van der Waals surface area contributed by atoms with Gasteiger partial charge in [0.25, 0.3) is 0 Å². The number of aromatic nitrogens is 1. The van der Waals surface area contributed by atoms with Crippen LogP contribution in [0.2, 0.25) is 0 Å². The molecular formula is C16H18N2O. The zero-order valence-electron chi connectivity index (χ0n) is 10.8. The monoisotopic (exact) mass is 254 g/mol. The van der Waals surface area contributed by atoms with E-state index in [0.717, 1.165) is 18.4 Å². The third-order valence-corrected chi connectivity index (χ3v) is 4.30. The van der Waals surface area contributed by atoms with Crippen molar-refractivity contribution in [2.75, 3.05) is 6.54 Å². The summed E-state index contributed by atoms with van der Waals surface area (Å²) < 4.78 is 0. The van der Waals surface area contributed by atoms with Crippen molar-refractivity contribution in [2.45, 2.75) is 24.4 Å². The van der Waals surface area contributed by atoms with Crippen molar-refractivity contribution >= 4 is 0 Å². The van der Waals surface area contributed by atoms with E-state index >= 15 is 0 Å². The summed E-state index contributed by atoms with van der Waals surface area (Å²) >= 11 is 0. The molecule has 98 valence electrons. The van der Waals surface area contributed by atoms with Gasteiger partial charge in [0.1, 0.15) is 0 Å². The number of pyridine rings is 1. The molecule has 19 heavy (non-hydrogen) atoms. The standard InChI is InChI=1S/C16H18N2O/c17-11-16(15(19)13-6-9-18-10-7-13)8-5-12-3-1-2-4-14(12)16/h1-4,6-7,9-10,15,19H,5,8,11,17H2. The van der Waals surface area contributed by atoms with Crippen molar-refractivity contribution in [3.63, 3.8) is 0 Å². The van der Waals surface area contributed by atoms with Crippen molar-refractivity contribution in [3.05, 3.63) is 65.5 Å². The SMILES string of the molecule is NCC1(C(O)c2ccncc2)CCc2ccccc21. The molecule has 1 aliphatic rings. The molecule has 3 N–H and O–H groups in total. The topological polar surface area (TPSA) is 59.1 Å². The van der Waals surface area contributed by atoms with Gasteiger partial charge in [-0.05, 0) is 41.7 Å². The highest BCUT2D eigenvalue weighted by Crippen LogP contribution is 2.46. The van der Waals surface area contributed by atoms with Gasteiger partial charge in [-0.2, -0.15) is 0 Å². The van der Waals surface area contributed by atoms with Gasteiger partial charge < -0.3 is 10.8 Å². The molecule has 0 fully saturated rings. The van der Waals surface area contributed by atoms with Crippen molar-refractivity contribution < 1.29 is 5.11 Å². The van der Waals surface area contributed by atoms with Crippen LogP contribution in [0.15, 0.2) is 48.8 Å². The first-order valence-electron chi connectivity index (χ1n) is 6.64. The number of benzene rings is 1. The fourth-order valence-corrected chi connectivity index (χ4v) is 3.19. The molecule has 2 unspecified atom stereocenters. The first-order valence-corrected chi connectivity index (χ1v) is 6.64. The second-order valence-electron chi connectivity index (χ2n) is 5.20. The molecule has 0 saturated heterocycles. The molecule has 3 nitrogen and oxygen atoms in total. The van der Waals surface area contributed by atoms with Gasteiger partial charge in [-0.3, -0.25) is 4.98 Å². The highest BCUT2D eigenvalue weighted by molar-refractivity contribution is 5.42. The van der Waals surface area contributed by atoms with Crippen LogP contribution in [-0.2, 0) is 11.8 Å². The van der Waals surface area contributed by atoms with Crippen LogP contribution < -0.4 is 5.73 Å². The minimum atomic E-state index is -0.579. The summed E-state index contributed by atoms with van der Waals surface area (Å²) in [4.78, 5) is 4.00. The number of aliphatic hydroxyl groups is 1. The van der Waals surface area contributed by atoms with Gasteiger partial charge in [0.15, 0.2) is 0 Å². The number of rotatable bonds is 3. The number of hydrogen-bond donors (Lipinski definition) is 2. The predicted molar refractivity (Wildman–Crippen MR) is 74.7 cm³/mol. The summed E-state index contributed by atoms with van der Waals surface area (Å²) in [7, 11) is 0. The molecule has 1 aliphatic carbocycles. The Balaban J connectivity index is 2.06. The van der Waals surface area contributed by atoms with Crippen LogP contribution >= 0.6 is 0 Å². The lowest BCUT2D eigenvalue weighted by Gasteiger charge is -2.34. The molecule has 0 bridgehead atoms. The van der Waals surface area contributed by atoms with E-state index < -0.39 is 6.10 Å². The Morgan fingerprint density at radius 1 is 1.21 bits per heavy atom. The van der Waals surface area contributed by atoms with Crippen molar-refractivity contribution in [2.24, 2.45) is 5.73 Å². The second-order valence-corrected chi connectivity index (χ2v) is 5.20. The molecule has 0 saturated carbocycles. The summed E-state index contributed by atoms with van der Waals surface area (Å²) in [5.41, 5.74) is 9.07. The Morgan fingerprint density at radius 3 is 2.68 bits per heavy atom. The van der Waals surface area contributed by atoms with E-state index in [1.54, 1.807) is 12.4 Å². The zero-order chi connectivity index (χ0) is 13.3. The van der Waals surface area contributed by atoms with Gasteiger partial charge in [-0.25, -0.2) is 0 Å². The van der Waals surface area contributed by atoms with Crippen LogP contribution in [-0.4, -0.2) is 16.6 Å².